The molecule has 0 amide bonds. The minimum absolute atomic E-state index is 0.471. The van der Waals surface area contributed by atoms with E-state index in [0.29, 0.717) is 12.1 Å². The first-order valence-electron chi connectivity index (χ1n) is 5.03. The molecule has 72 valence electrons. The molecule has 0 bridgehead atoms. The molecule has 2 heteroatoms. The minimum Gasteiger partial charge on any atom is -0.377 e. The van der Waals surface area contributed by atoms with Crippen LogP contribution in [0.5, 0.6) is 0 Å². The zero-order valence-electron chi connectivity index (χ0n) is 8.47. The van der Waals surface area contributed by atoms with Gasteiger partial charge in [-0.15, -0.1) is 0 Å². The van der Waals surface area contributed by atoms with Crippen LogP contribution in [0.4, 0.5) is 0 Å². The summed E-state index contributed by atoms with van der Waals surface area (Å²) in [5, 5.41) is 3.38. The molecule has 1 saturated heterocycles. The highest BCUT2D eigenvalue weighted by Crippen LogP contribution is 2.10. The predicted octanol–water partition coefficient (Wildman–Crippen LogP) is 1.80. The average Bonchev–Trinajstić information content (AvgIpc) is 2.35. The summed E-state index contributed by atoms with van der Waals surface area (Å²) in [5.41, 5.74) is 0. The van der Waals surface area contributed by atoms with Gasteiger partial charge in [0.15, 0.2) is 0 Å². The van der Waals surface area contributed by atoms with Gasteiger partial charge < -0.3 is 10.1 Å². The van der Waals surface area contributed by atoms with Gasteiger partial charge in [0.1, 0.15) is 0 Å². The maximum Gasteiger partial charge on any atom is 0.0714 e. The first-order chi connectivity index (χ1) is 5.68. The zero-order valence-corrected chi connectivity index (χ0v) is 8.47. The summed E-state index contributed by atoms with van der Waals surface area (Å²) < 4.78 is 5.72. The topological polar surface area (TPSA) is 21.3 Å². The maximum absolute atomic E-state index is 5.72. The Labute approximate surface area is 75.7 Å². The van der Waals surface area contributed by atoms with E-state index in [2.05, 4.69) is 26.1 Å². The van der Waals surface area contributed by atoms with Crippen molar-refractivity contribution in [3.05, 3.63) is 0 Å². The van der Waals surface area contributed by atoms with E-state index in [9.17, 15) is 0 Å². The van der Waals surface area contributed by atoms with E-state index >= 15 is 0 Å². The van der Waals surface area contributed by atoms with Gasteiger partial charge >= 0.3 is 0 Å². The second-order valence-electron chi connectivity index (χ2n) is 4.22. The van der Waals surface area contributed by atoms with Crippen molar-refractivity contribution in [2.24, 2.45) is 5.92 Å². The van der Waals surface area contributed by atoms with Gasteiger partial charge in [-0.1, -0.05) is 13.8 Å². The lowest BCUT2D eigenvalue weighted by atomic mass is 10.1. The Morgan fingerprint density at radius 3 is 2.75 bits per heavy atom. The van der Waals surface area contributed by atoms with Gasteiger partial charge in [-0.25, -0.2) is 0 Å². The normalized spacial score (nSPS) is 30.0. The van der Waals surface area contributed by atoms with Gasteiger partial charge in [-0.3, -0.25) is 0 Å². The third kappa shape index (κ3) is 3.55. The van der Waals surface area contributed by atoms with Crippen LogP contribution in [0.1, 0.15) is 33.6 Å². The molecule has 0 radical (unpaired) electrons. The molecule has 1 fully saturated rings. The Kier molecular flexibility index (Phi) is 4.02. The van der Waals surface area contributed by atoms with Crippen molar-refractivity contribution in [3.63, 3.8) is 0 Å². The summed E-state index contributed by atoms with van der Waals surface area (Å²) in [4.78, 5) is 0. The molecule has 0 aromatic heterocycles. The second kappa shape index (κ2) is 4.83. The molecule has 2 nitrogen and oxygen atoms in total. The largest absolute Gasteiger partial charge is 0.377 e. The molecule has 0 aliphatic carbocycles. The van der Waals surface area contributed by atoms with Crippen LogP contribution in [-0.4, -0.2) is 25.3 Å². The molecule has 1 heterocycles. The van der Waals surface area contributed by atoms with Crippen LogP contribution in [0.25, 0.3) is 0 Å². The third-order valence-corrected chi connectivity index (χ3v) is 2.36. The Morgan fingerprint density at radius 1 is 1.50 bits per heavy atom. The smallest absolute Gasteiger partial charge is 0.0714 e. The van der Waals surface area contributed by atoms with E-state index in [0.717, 1.165) is 19.1 Å². The molecule has 2 atom stereocenters. The fraction of sp³-hybridized carbons (Fsp3) is 1.00. The summed E-state index contributed by atoms with van der Waals surface area (Å²) in [6.45, 7) is 8.65. The quantitative estimate of drug-likeness (QED) is 0.696. The molecule has 1 aliphatic heterocycles. The standard InChI is InChI=1S/C10H21NO/c1-8(2)4-5-12-10-6-9(3)11-7-10/h8-11H,4-7H2,1-3H3/t9-,10+/m1/s1. The summed E-state index contributed by atoms with van der Waals surface area (Å²) in [7, 11) is 0. The molecule has 0 aromatic carbocycles. The van der Waals surface area contributed by atoms with Crippen LogP contribution in [-0.2, 0) is 4.74 Å². The van der Waals surface area contributed by atoms with Crippen molar-refractivity contribution in [1.82, 2.24) is 5.32 Å². The van der Waals surface area contributed by atoms with E-state index < -0.39 is 0 Å². The number of rotatable bonds is 4. The predicted molar refractivity (Wildman–Crippen MR) is 51.3 cm³/mol. The summed E-state index contributed by atoms with van der Waals surface area (Å²) in [5.74, 6) is 0.761. The summed E-state index contributed by atoms with van der Waals surface area (Å²) in [6, 6.07) is 0.647. The lowest BCUT2D eigenvalue weighted by Gasteiger charge is -2.11. The lowest BCUT2D eigenvalue weighted by molar-refractivity contribution is 0.0585. The van der Waals surface area contributed by atoms with Gasteiger partial charge in [0.2, 0.25) is 0 Å². The highest BCUT2D eigenvalue weighted by atomic mass is 16.5. The minimum atomic E-state index is 0.471. The molecule has 1 rings (SSSR count). The molecule has 0 spiro atoms. The molecule has 12 heavy (non-hydrogen) atoms. The monoisotopic (exact) mass is 171 g/mol. The second-order valence-corrected chi connectivity index (χ2v) is 4.22. The molecular weight excluding hydrogens is 150 g/mol. The van der Waals surface area contributed by atoms with Crippen molar-refractivity contribution in [2.45, 2.75) is 45.8 Å². The highest BCUT2D eigenvalue weighted by Gasteiger charge is 2.20. The molecule has 1 aliphatic rings. The van der Waals surface area contributed by atoms with E-state index in [1.54, 1.807) is 0 Å². The van der Waals surface area contributed by atoms with Crippen molar-refractivity contribution in [1.29, 1.82) is 0 Å². The Morgan fingerprint density at radius 2 is 2.25 bits per heavy atom. The van der Waals surface area contributed by atoms with Gasteiger partial charge in [0, 0.05) is 19.2 Å². The maximum atomic E-state index is 5.72. The van der Waals surface area contributed by atoms with Gasteiger partial charge in [0.05, 0.1) is 6.10 Å². The summed E-state index contributed by atoms with van der Waals surface area (Å²) in [6.07, 6.45) is 2.84. The van der Waals surface area contributed by atoms with Crippen LogP contribution in [0, 0.1) is 5.92 Å². The third-order valence-electron chi connectivity index (χ3n) is 2.36. The molecule has 0 unspecified atom stereocenters. The highest BCUT2D eigenvalue weighted by molar-refractivity contribution is 4.78. The van der Waals surface area contributed by atoms with Crippen LogP contribution < -0.4 is 5.32 Å². The SMILES string of the molecule is CC(C)CCO[C@@H]1CN[C@H](C)C1. The van der Waals surface area contributed by atoms with Gasteiger partial charge in [-0.2, -0.15) is 0 Å². The fourth-order valence-electron chi connectivity index (χ4n) is 1.49. The molecule has 0 saturated carbocycles. The number of hydrogen-bond acceptors (Lipinski definition) is 2. The molecule has 0 aromatic rings. The van der Waals surface area contributed by atoms with E-state index in [1.807, 2.05) is 0 Å². The van der Waals surface area contributed by atoms with Gasteiger partial charge in [0.25, 0.3) is 0 Å². The zero-order chi connectivity index (χ0) is 8.97. The molecule has 1 N–H and O–H groups in total. The Bertz CT molecular complexity index is 125. The van der Waals surface area contributed by atoms with E-state index in [-0.39, 0.29) is 0 Å². The van der Waals surface area contributed by atoms with Crippen LogP contribution >= 0.6 is 0 Å². The van der Waals surface area contributed by atoms with Crippen LogP contribution in [0.2, 0.25) is 0 Å². The number of ether oxygens (including phenoxy) is 1. The number of nitrogens with one attached hydrogen (secondary N) is 1. The summed E-state index contributed by atoms with van der Waals surface area (Å²) >= 11 is 0. The average molecular weight is 171 g/mol. The first-order valence-corrected chi connectivity index (χ1v) is 5.03. The Hall–Kier alpha value is -0.0800. The van der Waals surface area contributed by atoms with Crippen molar-refractivity contribution in [2.75, 3.05) is 13.2 Å². The van der Waals surface area contributed by atoms with Crippen molar-refractivity contribution < 1.29 is 4.74 Å². The first kappa shape index (κ1) is 10.0. The van der Waals surface area contributed by atoms with E-state index in [4.69, 9.17) is 4.74 Å². The number of hydrogen-bond donors (Lipinski definition) is 1. The fourth-order valence-corrected chi connectivity index (χ4v) is 1.49. The Balaban J connectivity index is 2.00. The molecular formula is C10H21NO. The van der Waals surface area contributed by atoms with Crippen LogP contribution in [0.15, 0.2) is 0 Å². The lowest BCUT2D eigenvalue weighted by Crippen LogP contribution is -2.19. The van der Waals surface area contributed by atoms with Gasteiger partial charge in [-0.05, 0) is 25.7 Å². The van der Waals surface area contributed by atoms with E-state index in [1.165, 1.54) is 12.8 Å². The van der Waals surface area contributed by atoms with Crippen LogP contribution in [0.3, 0.4) is 0 Å². The van der Waals surface area contributed by atoms with Crippen molar-refractivity contribution >= 4 is 0 Å². The van der Waals surface area contributed by atoms with Crippen molar-refractivity contribution in [3.8, 4) is 0 Å².